The summed E-state index contributed by atoms with van der Waals surface area (Å²) in [5.41, 5.74) is 0. The molecule has 59 heavy (non-hydrogen) atoms. The summed E-state index contributed by atoms with van der Waals surface area (Å²) in [6, 6.07) is -0.986. The first-order valence-corrected chi connectivity index (χ1v) is 23.0. The number of unbranched alkanes of at least 4 members (excludes halogenated alkanes) is 21. The Morgan fingerprint density at radius 2 is 0.915 bits per heavy atom. The van der Waals surface area contributed by atoms with E-state index in [1.807, 2.05) is 4.90 Å². The minimum atomic E-state index is -0.986. The molecular weight excluding hydrogens is 761 g/mol. The molecule has 0 rings (SSSR count). The van der Waals surface area contributed by atoms with Crippen LogP contribution in [0.5, 0.6) is 0 Å². The molecule has 0 saturated heterocycles. The van der Waals surface area contributed by atoms with E-state index in [4.69, 9.17) is 9.47 Å². The molecule has 3 amide bonds. The van der Waals surface area contributed by atoms with E-state index in [-0.39, 0.29) is 51.2 Å². The molecule has 0 radical (unpaired) electrons. The molecule has 0 fully saturated rings. The van der Waals surface area contributed by atoms with Crippen molar-refractivity contribution < 1.29 is 53.0 Å². The fourth-order valence-electron chi connectivity index (χ4n) is 6.74. The molecule has 0 aromatic heterocycles. The predicted molar refractivity (Wildman–Crippen MR) is 229 cm³/mol. The summed E-state index contributed by atoms with van der Waals surface area (Å²) >= 11 is 0. The number of carbonyl (C=O) groups is 5. The van der Waals surface area contributed by atoms with Gasteiger partial charge in [0.15, 0.2) is 0 Å². The number of hydrogen-bond donors (Lipinski definition) is 3. The van der Waals surface area contributed by atoms with Crippen LogP contribution in [0.3, 0.4) is 0 Å². The Bertz CT molecular complexity index is 1010. The zero-order chi connectivity index (χ0) is 43.6. The van der Waals surface area contributed by atoms with Gasteiger partial charge in [-0.15, -0.1) is 0 Å². The Morgan fingerprint density at radius 3 is 1.34 bits per heavy atom. The molecule has 0 aliphatic carbocycles. The van der Waals surface area contributed by atoms with E-state index in [2.05, 4.69) is 49.3 Å². The maximum absolute atomic E-state index is 13.5. The second kappa shape index (κ2) is 41.6. The van der Waals surface area contributed by atoms with Crippen LogP contribution in [0.2, 0.25) is 0 Å². The zero-order valence-electron chi connectivity index (χ0n) is 37.7. The molecule has 2 unspecified atom stereocenters. The van der Waals surface area contributed by atoms with Gasteiger partial charge in [0.2, 0.25) is 5.91 Å². The summed E-state index contributed by atoms with van der Waals surface area (Å²) in [5, 5.41) is 7.94. The molecule has 0 saturated carbocycles. The van der Waals surface area contributed by atoms with Crippen LogP contribution in [0.4, 0.5) is 9.59 Å². The Labute approximate surface area is 356 Å². The second-order valence-electron chi connectivity index (χ2n) is 15.4. The highest BCUT2D eigenvalue weighted by Crippen LogP contribution is 2.14. The van der Waals surface area contributed by atoms with E-state index < -0.39 is 30.3 Å². The van der Waals surface area contributed by atoms with Crippen LogP contribution in [-0.2, 0) is 43.4 Å². The van der Waals surface area contributed by atoms with Gasteiger partial charge in [-0.05, 0) is 39.0 Å². The number of nitrogens with zero attached hydrogens (tertiary/aromatic N) is 1. The summed E-state index contributed by atoms with van der Waals surface area (Å²) in [5.74, 6) is -1.01. The van der Waals surface area contributed by atoms with E-state index >= 15 is 0 Å². The molecule has 15 nitrogen and oxygen atoms in total. The van der Waals surface area contributed by atoms with E-state index in [1.165, 1.54) is 117 Å². The van der Waals surface area contributed by atoms with Gasteiger partial charge in [0.1, 0.15) is 19.3 Å². The van der Waals surface area contributed by atoms with Crippen molar-refractivity contribution in [2.75, 3.05) is 47.1 Å². The van der Waals surface area contributed by atoms with Crippen molar-refractivity contribution >= 4 is 30.0 Å². The lowest BCUT2D eigenvalue weighted by Gasteiger charge is -2.30. The predicted octanol–water partition coefficient (Wildman–Crippen LogP) is 9.35. The van der Waals surface area contributed by atoms with Gasteiger partial charge in [-0.2, -0.15) is 9.78 Å². The highest BCUT2D eigenvalue weighted by atomic mass is 17.2. The van der Waals surface area contributed by atoms with Gasteiger partial charge in [0, 0.05) is 32.5 Å². The van der Waals surface area contributed by atoms with Crippen LogP contribution in [0, 0.1) is 0 Å². The van der Waals surface area contributed by atoms with Gasteiger partial charge >= 0.3 is 24.1 Å². The lowest BCUT2D eigenvalue weighted by atomic mass is 10.1. The molecule has 0 aliphatic rings. The second-order valence-corrected chi connectivity index (χ2v) is 15.4. The van der Waals surface area contributed by atoms with E-state index in [0.29, 0.717) is 25.7 Å². The first-order chi connectivity index (χ1) is 28.7. The summed E-state index contributed by atoms with van der Waals surface area (Å²) in [7, 11) is 2.39. The highest BCUT2D eigenvalue weighted by Gasteiger charge is 2.25. The average Bonchev–Trinajstić information content (AvgIpc) is 3.20. The smallest absolute Gasteiger partial charge is 0.439 e. The third-order valence-corrected chi connectivity index (χ3v) is 10.3. The molecule has 0 spiro atoms. The number of rotatable bonds is 41. The Morgan fingerprint density at radius 1 is 0.508 bits per heavy atom. The van der Waals surface area contributed by atoms with E-state index in [0.717, 1.165) is 38.5 Å². The molecule has 0 aliphatic heterocycles. The first-order valence-electron chi connectivity index (χ1n) is 23.0. The first kappa shape index (κ1) is 55.8. The van der Waals surface area contributed by atoms with Crippen LogP contribution in [0.15, 0.2) is 0 Å². The van der Waals surface area contributed by atoms with Crippen LogP contribution >= 0.6 is 0 Å². The van der Waals surface area contributed by atoms with Crippen LogP contribution in [-0.4, -0.2) is 94.2 Å². The summed E-state index contributed by atoms with van der Waals surface area (Å²) in [4.78, 5) is 81.8. The number of hydrogen-bond acceptors (Lipinski definition) is 12. The molecule has 2 atom stereocenters. The van der Waals surface area contributed by atoms with E-state index in [9.17, 15) is 24.0 Å². The Balaban J connectivity index is 5.01. The van der Waals surface area contributed by atoms with Crippen molar-refractivity contribution in [1.29, 1.82) is 0 Å². The summed E-state index contributed by atoms with van der Waals surface area (Å²) in [6.07, 6.45) is 26.0. The van der Waals surface area contributed by atoms with Gasteiger partial charge in [-0.25, -0.2) is 9.59 Å². The van der Waals surface area contributed by atoms with Gasteiger partial charge < -0.3 is 25.4 Å². The quantitative estimate of drug-likeness (QED) is 0.0175. The van der Waals surface area contributed by atoms with Gasteiger partial charge in [-0.3, -0.25) is 29.1 Å². The van der Waals surface area contributed by atoms with Gasteiger partial charge in [0.05, 0.1) is 20.4 Å². The van der Waals surface area contributed by atoms with Crippen molar-refractivity contribution in [2.24, 2.45) is 0 Å². The SMILES string of the molecule is CCCCCCCCCCCCCC(=O)OCCN(CCOC(=O)CCCCCCCCCCCCC)C(C)NC(=O)C(CCCCNC(=O)OOC)NC(=O)OOC. The largest absolute Gasteiger partial charge is 0.464 e. The van der Waals surface area contributed by atoms with Crippen LogP contribution < -0.4 is 16.0 Å². The topological polar surface area (TPSA) is 180 Å². The molecular formula is C44H84N4O11. The minimum absolute atomic E-state index is 0.101. The van der Waals surface area contributed by atoms with E-state index in [1.54, 1.807) is 6.92 Å². The van der Waals surface area contributed by atoms with Crippen molar-refractivity contribution in [1.82, 2.24) is 20.9 Å². The molecule has 0 aromatic rings. The van der Waals surface area contributed by atoms with Gasteiger partial charge in [-0.1, -0.05) is 142 Å². The monoisotopic (exact) mass is 845 g/mol. The average molecular weight is 845 g/mol. The molecule has 346 valence electrons. The Hall–Kier alpha value is -3.17. The third kappa shape index (κ3) is 36.4. The number of esters is 2. The number of nitrogens with one attached hydrogen (secondary N) is 3. The Kier molecular flexibility index (Phi) is 39.3. The van der Waals surface area contributed by atoms with Crippen molar-refractivity contribution in [3.05, 3.63) is 0 Å². The number of amides is 3. The lowest BCUT2D eigenvalue weighted by molar-refractivity contribution is -0.213. The summed E-state index contributed by atoms with van der Waals surface area (Å²) in [6.45, 7) is 7.28. The van der Waals surface area contributed by atoms with Gasteiger partial charge in [0.25, 0.3) is 0 Å². The molecule has 0 heterocycles. The van der Waals surface area contributed by atoms with Crippen LogP contribution in [0.1, 0.15) is 194 Å². The molecule has 0 bridgehead atoms. The minimum Gasteiger partial charge on any atom is -0.464 e. The van der Waals surface area contributed by atoms with Crippen LogP contribution in [0.25, 0.3) is 0 Å². The zero-order valence-corrected chi connectivity index (χ0v) is 37.7. The molecule has 3 N–H and O–H groups in total. The normalized spacial score (nSPS) is 12.1. The molecule has 0 aromatic carbocycles. The summed E-state index contributed by atoms with van der Waals surface area (Å²) < 4.78 is 11.1. The van der Waals surface area contributed by atoms with Crippen molar-refractivity contribution in [2.45, 2.75) is 206 Å². The van der Waals surface area contributed by atoms with Crippen molar-refractivity contribution in [3.63, 3.8) is 0 Å². The fourth-order valence-corrected chi connectivity index (χ4v) is 6.74. The van der Waals surface area contributed by atoms with Crippen molar-refractivity contribution in [3.8, 4) is 0 Å². The number of ether oxygens (including phenoxy) is 2. The number of carbonyl (C=O) groups excluding carboxylic acids is 5. The highest BCUT2D eigenvalue weighted by molar-refractivity contribution is 5.85. The third-order valence-electron chi connectivity index (χ3n) is 10.3. The molecule has 15 heteroatoms. The fraction of sp³-hybridized carbons (Fsp3) is 0.886. The lowest BCUT2D eigenvalue weighted by Crippen LogP contribution is -2.54. The standard InChI is InChI=1S/C44H84N4O11/c1-6-8-10-12-14-16-18-20-22-24-26-31-40(49)56-36-34-48(35-37-57-41(50)32-27-25-23-21-19-17-15-13-11-9-7-2)38(3)46-42(51)39(47-44(53)59-55-5)30-28-29-33-45-43(52)58-54-4/h38-39H,6-37H2,1-5H3,(H,45,52)(H,46,51)(H,47,53). The maximum Gasteiger partial charge on any atom is 0.439 e. The maximum atomic E-state index is 13.5.